The van der Waals surface area contributed by atoms with Crippen molar-refractivity contribution in [3.05, 3.63) is 17.0 Å². The van der Waals surface area contributed by atoms with Gasteiger partial charge >= 0.3 is 0 Å². The third-order valence-corrected chi connectivity index (χ3v) is 6.07. The summed E-state index contributed by atoms with van der Waals surface area (Å²) in [6.07, 6.45) is 0.775. The SMILES string of the molecule is O=S(=O)(NCCCN1CCOCC1)c1cc(CO)cs1. The van der Waals surface area contributed by atoms with E-state index >= 15 is 0 Å². The van der Waals surface area contributed by atoms with E-state index in [4.69, 9.17) is 9.84 Å². The van der Waals surface area contributed by atoms with Crippen molar-refractivity contribution in [2.75, 3.05) is 39.4 Å². The van der Waals surface area contributed by atoms with E-state index in [-0.39, 0.29) is 10.8 Å². The summed E-state index contributed by atoms with van der Waals surface area (Å²) in [5, 5.41) is 10.6. The summed E-state index contributed by atoms with van der Waals surface area (Å²) in [5.41, 5.74) is 0.628. The maximum atomic E-state index is 12.0. The van der Waals surface area contributed by atoms with Crippen molar-refractivity contribution < 1.29 is 18.3 Å². The number of nitrogens with one attached hydrogen (secondary N) is 1. The van der Waals surface area contributed by atoms with Crippen LogP contribution in [0.1, 0.15) is 12.0 Å². The number of nitrogens with zero attached hydrogens (tertiary/aromatic N) is 1. The van der Waals surface area contributed by atoms with Crippen LogP contribution in [-0.2, 0) is 21.4 Å². The number of aliphatic hydroxyl groups excluding tert-OH is 1. The monoisotopic (exact) mass is 320 g/mol. The summed E-state index contributed by atoms with van der Waals surface area (Å²) in [6.45, 7) is 4.50. The average Bonchev–Trinajstić information content (AvgIpc) is 2.95. The van der Waals surface area contributed by atoms with Gasteiger partial charge in [0.15, 0.2) is 0 Å². The summed E-state index contributed by atoms with van der Waals surface area (Å²) in [5.74, 6) is 0. The first-order valence-corrected chi connectivity index (χ1v) is 8.96. The Labute approximate surface area is 123 Å². The van der Waals surface area contributed by atoms with Crippen LogP contribution in [0.4, 0.5) is 0 Å². The summed E-state index contributed by atoms with van der Waals surface area (Å²) in [6, 6.07) is 1.51. The molecule has 0 bridgehead atoms. The number of hydrogen-bond donors (Lipinski definition) is 2. The number of thiophene rings is 1. The normalized spacial score (nSPS) is 17.4. The lowest BCUT2D eigenvalue weighted by Gasteiger charge is -2.26. The maximum absolute atomic E-state index is 12.0. The predicted octanol–water partition coefficient (Wildman–Crippen LogP) is 0.241. The average molecular weight is 320 g/mol. The lowest BCUT2D eigenvalue weighted by atomic mass is 10.3. The molecule has 2 heterocycles. The zero-order valence-electron chi connectivity index (χ0n) is 11.2. The quantitative estimate of drug-likeness (QED) is 0.704. The Bertz CT molecular complexity index is 509. The minimum Gasteiger partial charge on any atom is -0.392 e. The van der Waals surface area contributed by atoms with Gasteiger partial charge in [-0.05, 0) is 30.0 Å². The Kier molecular flexibility index (Phi) is 5.94. The van der Waals surface area contributed by atoms with E-state index < -0.39 is 10.0 Å². The number of morpholine rings is 1. The fourth-order valence-corrected chi connectivity index (χ4v) is 4.30. The van der Waals surface area contributed by atoms with Crippen LogP contribution in [0.5, 0.6) is 0 Å². The van der Waals surface area contributed by atoms with Gasteiger partial charge in [-0.3, -0.25) is 4.90 Å². The number of aliphatic hydroxyl groups is 1. The van der Waals surface area contributed by atoms with Crippen LogP contribution in [0.2, 0.25) is 0 Å². The minimum absolute atomic E-state index is 0.136. The molecule has 0 unspecified atom stereocenters. The molecule has 1 saturated heterocycles. The van der Waals surface area contributed by atoms with Gasteiger partial charge in [0.2, 0.25) is 10.0 Å². The van der Waals surface area contributed by atoms with Crippen LogP contribution < -0.4 is 4.72 Å². The molecule has 0 aromatic carbocycles. The van der Waals surface area contributed by atoms with E-state index in [1.807, 2.05) is 0 Å². The van der Waals surface area contributed by atoms with Crippen LogP contribution in [0.25, 0.3) is 0 Å². The standard InChI is InChI=1S/C12H20N2O4S2/c15-9-11-8-12(19-10-11)20(16,17)13-2-1-3-14-4-6-18-7-5-14/h8,10,13,15H,1-7,9H2. The van der Waals surface area contributed by atoms with Crippen molar-refractivity contribution in [1.82, 2.24) is 9.62 Å². The molecule has 6 nitrogen and oxygen atoms in total. The van der Waals surface area contributed by atoms with Crippen molar-refractivity contribution in [2.45, 2.75) is 17.2 Å². The van der Waals surface area contributed by atoms with Crippen molar-refractivity contribution in [3.63, 3.8) is 0 Å². The van der Waals surface area contributed by atoms with Crippen LogP contribution in [0, 0.1) is 0 Å². The molecule has 0 amide bonds. The molecule has 0 aliphatic carbocycles. The molecule has 0 radical (unpaired) electrons. The minimum atomic E-state index is -3.44. The number of sulfonamides is 1. The van der Waals surface area contributed by atoms with Gasteiger partial charge in [0, 0.05) is 19.6 Å². The Balaban J connectivity index is 1.74. The Morgan fingerprint density at radius 1 is 1.40 bits per heavy atom. The fraction of sp³-hybridized carbons (Fsp3) is 0.667. The highest BCUT2D eigenvalue weighted by atomic mass is 32.2. The van der Waals surface area contributed by atoms with E-state index in [1.165, 1.54) is 6.07 Å². The number of rotatable bonds is 7. The van der Waals surface area contributed by atoms with Gasteiger partial charge < -0.3 is 9.84 Å². The molecule has 1 aromatic heterocycles. The lowest BCUT2D eigenvalue weighted by molar-refractivity contribution is 0.0376. The first-order chi connectivity index (χ1) is 9.62. The van der Waals surface area contributed by atoms with Gasteiger partial charge in [0.05, 0.1) is 19.8 Å². The first-order valence-electron chi connectivity index (χ1n) is 6.60. The highest BCUT2D eigenvalue weighted by molar-refractivity contribution is 7.91. The number of ether oxygens (including phenoxy) is 1. The van der Waals surface area contributed by atoms with E-state index in [0.29, 0.717) is 12.1 Å². The van der Waals surface area contributed by atoms with E-state index in [1.54, 1.807) is 5.38 Å². The molecule has 20 heavy (non-hydrogen) atoms. The van der Waals surface area contributed by atoms with Crippen LogP contribution in [0.3, 0.4) is 0 Å². The topological polar surface area (TPSA) is 78.9 Å². The molecule has 0 atom stereocenters. The predicted molar refractivity (Wildman–Crippen MR) is 77.3 cm³/mol. The molecular weight excluding hydrogens is 300 g/mol. The highest BCUT2D eigenvalue weighted by Crippen LogP contribution is 2.19. The van der Waals surface area contributed by atoms with Gasteiger partial charge in [-0.1, -0.05) is 0 Å². The molecule has 1 fully saturated rings. The zero-order valence-corrected chi connectivity index (χ0v) is 12.9. The van der Waals surface area contributed by atoms with Gasteiger partial charge in [-0.15, -0.1) is 11.3 Å². The Morgan fingerprint density at radius 2 is 2.15 bits per heavy atom. The molecule has 0 saturated carbocycles. The van der Waals surface area contributed by atoms with Crippen LogP contribution in [-0.4, -0.2) is 57.8 Å². The van der Waals surface area contributed by atoms with Crippen molar-refractivity contribution in [3.8, 4) is 0 Å². The third-order valence-electron chi connectivity index (χ3n) is 3.12. The zero-order chi connectivity index (χ0) is 14.4. The van der Waals surface area contributed by atoms with Crippen molar-refractivity contribution >= 4 is 21.4 Å². The molecule has 1 aromatic rings. The molecule has 2 rings (SSSR count). The fourth-order valence-electron chi connectivity index (χ4n) is 1.98. The summed E-state index contributed by atoms with van der Waals surface area (Å²) >= 11 is 1.13. The van der Waals surface area contributed by atoms with E-state index in [0.717, 1.165) is 50.6 Å². The Morgan fingerprint density at radius 3 is 2.80 bits per heavy atom. The van der Waals surface area contributed by atoms with Crippen molar-refractivity contribution in [1.29, 1.82) is 0 Å². The second-order valence-corrected chi connectivity index (χ2v) is 7.54. The molecule has 2 N–H and O–H groups in total. The number of hydrogen-bond acceptors (Lipinski definition) is 6. The second kappa shape index (κ2) is 7.48. The molecule has 1 aliphatic rings. The first kappa shape index (κ1) is 15.9. The summed E-state index contributed by atoms with van der Waals surface area (Å²) in [7, 11) is -3.44. The molecular formula is C12H20N2O4S2. The Hall–Kier alpha value is -0.510. The molecule has 114 valence electrons. The second-order valence-electron chi connectivity index (χ2n) is 4.64. The highest BCUT2D eigenvalue weighted by Gasteiger charge is 2.16. The van der Waals surface area contributed by atoms with E-state index in [9.17, 15) is 8.42 Å². The summed E-state index contributed by atoms with van der Waals surface area (Å²) in [4.78, 5) is 2.27. The molecule has 1 aliphatic heterocycles. The van der Waals surface area contributed by atoms with Crippen LogP contribution in [0.15, 0.2) is 15.7 Å². The largest absolute Gasteiger partial charge is 0.392 e. The smallest absolute Gasteiger partial charge is 0.250 e. The van der Waals surface area contributed by atoms with Crippen LogP contribution >= 0.6 is 11.3 Å². The van der Waals surface area contributed by atoms with Crippen molar-refractivity contribution in [2.24, 2.45) is 0 Å². The van der Waals surface area contributed by atoms with E-state index in [2.05, 4.69) is 9.62 Å². The third kappa shape index (κ3) is 4.51. The van der Waals surface area contributed by atoms with Gasteiger partial charge in [-0.2, -0.15) is 0 Å². The summed E-state index contributed by atoms with van der Waals surface area (Å²) < 4.78 is 32.1. The molecule has 8 heteroatoms. The van der Waals surface area contributed by atoms with Gasteiger partial charge in [0.1, 0.15) is 4.21 Å². The maximum Gasteiger partial charge on any atom is 0.250 e. The lowest BCUT2D eigenvalue weighted by Crippen LogP contribution is -2.38. The van der Waals surface area contributed by atoms with Gasteiger partial charge in [0.25, 0.3) is 0 Å². The molecule has 0 spiro atoms. The van der Waals surface area contributed by atoms with Gasteiger partial charge in [-0.25, -0.2) is 13.1 Å².